The summed E-state index contributed by atoms with van der Waals surface area (Å²) >= 11 is 1.31. The normalized spacial score (nSPS) is 12.9. The van der Waals surface area contributed by atoms with Crippen molar-refractivity contribution in [2.75, 3.05) is 10.2 Å². The van der Waals surface area contributed by atoms with Crippen LogP contribution in [0.25, 0.3) is 0 Å². The number of carbonyl (C=O) groups excluding carboxylic acids is 3. The lowest BCUT2D eigenvalue weighted by molar-refractivity contribution is 0.0925. The van der Waals surface area contributed by atoms with Crippen molar-refractivity contribution in [2.45, 2.75) is 6.92 Å². The number of thiazole rings is 1. The fourth-order valence-corrected chi connectivity index (χ4v) is 4.16. The number of nitrogens with zero attached hydrogens (tertiary/aromatic N) is 4. The Hall–Kier alpha value is -4.50. The van der Waals surface area contributed by atoms with E-state index in [0.717, 1.165) is 16.3 Å². The minimum Gasteiger partial charge on any atom is -0.298 e. The third kappa shape index (κ3) is 4.12. The van der Waals surface area contributed by atoms with Crippen molar-refractivity contribution in [3.05, 3.63) is 101 Å². The molecular weight excluding hydrogens is 450 g/mol. The largest absolute Gasteiger partial charge is 0.298 e. The molecule has 1 aliphatic heterocycles. The Morgan fingerprint density at radius 1 is 0.882 bits per heavy atom. The van der Waals surface area contributed by atoms with Crippen molar-refractivity contribution in [1.29, 1.82) is 0 Å². The van der Waals surface area contributed by atoms with E-state index in [-0.39, 0.29) is 16.7 Å². The lowest BCUT2D eigenvalue weighted by Crippen LogP contribution is -2.29. The van der Waals surface area contributed by atoms with Crippen LogP contribution >= 0.6 is 11.3 Å². The average molecular weight is 468 g/mol. The molecule has 0 saturated heterocycles. The van der Waals surface area contributed by atoms with Crippen LogP contribution in [0.15, 0.2) is 88.4 Å². The van der Waals surface area contributed by atoms with Gasteiger partial charge in [-0.1, -0.05) is 18.2 Å². The van der Waals surface area contributed by atoms with E-state index in [1.54, 1.807) is 24.3 Å². The molecular formula is C25H17N5O3S. The highest BCUT2D eigenvalue weighted by atomic mass is 32.1. The molecule has 1 aromatic heterocycles. The molecule has 0 atom stereocenters. The maximum atomic E-state index is 13.1. The van der Waals surface area contributed by atoms with E-state index in [2.05, 4.69) is 20.5 Å². The summed E-state index contributed by atoms with van der Waals surface area (Å²) in [7, 11) is 0. The van der Waals surface area contributed by atoms with Gasteiger partial charge in [-0.3, -0.25) is 19.7 Å². The van der Waals surface area contributed by atoms with Crippen LogP contribution in [0.5, 0.6) is 0 Å². The number of fused-ring (bicyclic) bond motifs is 1. The zero-order valence-electron chi connectivity index (χ0n) is 17.9. The SMILES string of the molecule is Cc1csc(NC(=O)c2ccc3c(c2)C(=O)N(c2ccc(N=Nc4ccccc4)cc2)C3=O)n1. The Kier molecular flexibility index (Phi) is 5.52. The van der Waals surface area contributed by atoms with Crippen molar-refractivity contribution in [2.24, 2.45) is 10.2 Å². The van der Waals surface area contributed by atoms with Crippen molar-refractivity contribution >= 4 is 51.3 Å². The summed E-state index contributed by atoms with van der Waals surface area (Å²) in [6.45, 7) is 1.83. The molecule has 2 heterocycles. The molecule has 3 aromatic carbocycles. The molecule has 0 bridgehead atoms. The molecule has 0 saturated carbocycles. The summed E-state index contributed by atoms with van der Waals surface area (Å²) in [4.78, 5) is 43.9. The topological polar surface area (TPSA) is 104 Å². The highest BCUT2D eigenvalue weighted by Gasteiger charge is 2.37. The van der Waals surface area contributed by atoms with Gasteiger partial charge in [0.2, 0.25) is 0 Å². The fourth-order valence-electron chi connectivity index (χ4n) is 3.48. The third-order valence-electron chi connectivity index (χ3n) is 5.13. The lowest BCUT2D eigenvalue weighted by atomic mass is 10.1. The van der Waals surface area contributed by atoms with Crippen molar-refractivity contribution in [1.82, 2.24) is 4.98 Å². The van der Waals surface area contributed by atoms with Gasteiger partial charge in [0.1, 0.15) is 0 Å². The second kappa shape index (κ2) is 8.80. The van der Waals surface area contributed by atoms with Gasteiger partial charge in [0, 0.05) is 10.9 Å². The van der Waals surface area contributed by atoms with Gasteiger partial charge in [0.15, 0.2) is 5.13 Å². The minimum atomic E-state index is -0.488. The predicted molar refractivity (Wildman–Crippen MR) is 129 cm³/mol. The maximum Gasteiger partial charge on any atom is 0.266 e. The lowest BCUT2D eigenvalue weighted by Gasteiger charge is -2.13. The Morgan fingerprint density at radius 3 is 2.24 bits per heavy atom. The molecule has 0 radical (unpaired) electrons. The zero-order valence-corrected chi connectivity index (χ0v) is 18.7. The number of hydrogen-bond donors (Lipinski definition) is 1. The Morgan fingerprint density at radius 2 is 1.56 bits per heavy atom. The Labute approximate surface area is 198 Å². The third-order valence-corrected chi connectivity index (χ3v) is 6.01. The zero-order chi connectivity index (χ0) is 23.7. The van der Waals surface area contributed by atoms with Gasteiger partial charge < -0.3 is 0 Å². The summed E-state index contributed by atoms with van der Waals surface area (Å²) in [5.74, 6) is -1.33. The molecule has 3 amide bonds. The molecule has 1 N–H and O–H groups in total. The van der Waals surface area contributed by atoms with Crippen LogP contribution in [0.2, 0.25) is 0 Å². The van der Waals surface area contributed by atoms with E-state index in [0.29, 0.717) is 16.5 Å². The van der Waals surface area contributed by atoms with Gasteiger partial charge in [-0.15, -0.1) is 11.3 Å². The summed E-state index contributed by atoms with van der Waals surface area (Å²) in [5.41, 5.74) is 3.22. The summed E-state index contributed by atoms with van der Waals surface area (Å²) in [6.07, 6.45) is 0. The van der Waals surface area contributed by atoms with Crippen LogP contribution in [-0.2, 0) is 0 Å². The van der Waals surface area contributed by atoms with E-state index in [1.807, 2.05) is 42.6 Å². The first-order valence-corrected chi connectivity index (χ1v) is 11.2. The smallest absolute Gasteiger partial charge is 0.266 e. The molecule has 0 unspecified atom stereocenters. The van der Waals surface area contributed by atoms with E-state index >= 15 is 0 Å². The van der Waals surface area contributed by atoms with E-state index < -0.39 is 17.7 Å². The van der Waals surface area contributed by atoms with Gasteiger partial charge in [-0.05, 0) is 61.5 Å². The highest BCUT2D eigenvalue weighted by molar-refractivity contribution is 7.13. The molecule has 5 rings (SSSR count). The van der Waals surface area contributed by atoms with Gasteiger partial charge in [0.05, 0.1) is 33.9 Å². The van der Waals surface area contributed by atoms with Crippen molar-refractivity contribution in [3.8, 4) is 0 Å². The van der Waals surface area contributed by atoms with E-state index in [9.17, 15) is 14.4 Å². The predicted octanol–water partition coefficient (Wildman–Crippen LogP) is 5.92. The van der Waals surface area contributed by atoms with Crippen LogP contribution in [0, 0.1) is 6.92 Å². The molecule has 9 heteroatoms. The fraction of sp³-hybridized carbons (Fsp3) is 0.0400. The molecule has 8 nitrogen and oxygen atoms in total. The van der Waals surface area contributed by atoms with Gasteiger partial charge in [-0.2, -0.15) is 10.2 Å². The number of amides is 3. The number of anilines is 2. The number of carbonyl (C=O) groups is 3. The first-order valence-electron chi connectivity index (χ1n) is 10.3. The van der Waals surface area contributed by atoms with Crippen LogP contribution in [0.1, 0.15) is 36.8 Å². The standard InChI is InChI=1S/C25H17N5O3S/c1-15-14-34-25(26-15)27-22(31)16-7-12-20-21(13-16)24(33)30(23(20)32)19-10-8-18(9-11-19)29-28-17-5-3-2-4-6-17/h2-14H,1H3,(H,26,27,31). The summed E-state index contributed by atoms with van der Waals surface area (Å²) < 4.78 is 0. The van der Waals surface area contributed by atoms with Crippen LogP contribution in [0.4, 0.5) is 22.2 Å². The van der Waals surface area contributed by atoms with Gasteiger partial charge in [-0.25, -0.2) is 9.88 Å². The van der Waals surface area contributed by atoms with Gasteiger partial charge in [0.25, 0.3) is 17.7 Å². The number of aromatic nitrogens is 1. The molecule has 0 fully saturated rings. The Balaban J connectivity index is 1.35. The summed E-state index contributed by atoms with van der Waals surface area (Å²) in [6, 6.07) is 20.4. The number of rotatable bonds is 5. The molecule has 166 valence electrons. The van der Waals surface area contributed by atoms with Crippen LogP contribution in [-0.4, -0.2) is 22.7 Å². The number of hydrogen-bond acceptors (Lipinski definition) is 7. The average Bonchev–Trinajstić information content (AvgIpc) is 3.38. The minimum absolute atomic E-state index is 0.181. The summed E-state index contributed by atoms with van der Waals surface area (Å²) in [5, 5.41) is 13.3. The number of imide groups is 1. The first-order chi connectivity index (χ1) is 16.5. The van der Waals surface area contributed by atoms with Gasteiger partial charge >= 0.3 is 0 Å². The number of nitrogens with one attached hydrogen (secondary N) is 1. The maximum absolute atomic E-state index is 13.1. The van der Waals surface area contributed by atoms with Crippen LogP contribution in [0.3, 0.4) is 0 Å². The first kappa shape index (κ1) is 21.4. The number of aryl methyl sites for hydroxylation is 1. The molecule has 1 aliphatic rings. The highest BCUT2D eigenvalue weighted by Crippen LogP contribution is 2.31. The van der Waals surface area contributed by atoms with Crippen molar-refractivity contribution < 1.29 is 14.4 Å². The number of benzene rings is 3. The molecule has 34 heavy (non-hydrogen) atoms. The van der Waals surface area contributed by atoms with Crippen molar-refractivity contribution in [3.63, 3.8) is 0 Å². The van der Waals surface area contributed by atoms with E-state index in [1.165, 1.54) is 29.5 Å². The number of azo groups is 1. The molecule has 4 aromatic rings. The molecule has 0 spiro atoms. The second-order valence-electron chi connectivity index (χ2n) is 7.51. The monoisotopic (exact) mass is 467 g/mol. The Bertz CT molecular complexity index is 1450. The quantitative estimate of drug-likeness (QED) is 0.291. The second-order valence-corrected chi connectivity index (χ2v) is 8.36. The van der Waals surface area contributed by atoms with Crippen LogP contribution < -0.4 is 10.2 Å². The molecule has 0 aliphatic carbocycles. The van der Waals surface area contributed by atoms with E-state index in [4.69, 9.17) is 0 Å².